The molecule has 1 aliphatic rings. The summed E-state index contributed by atoms with van der Waals surface area (Å²) in [6.45, 7) is 0.419. The van der Waals surface area contributed by atoms with E-state index < -0.39 is 0 Å². The van der Waals surface area contributed by atoms with E-state index >= 15 is 0 Å². The molecule has 2 aromatic carbocycles. The average molecular weight is 400 g/mol. The normalized spacial score (nSPS) is 15.4. The topological polar surface area (TPSA) is 87.5 Å². The van der Waals surface area contributed by atoms with Crippen LogP contribution in [0.15, 0.2) is 66.9 Å². The predicted molar refractivity (Wildman–Crippen MR) is 112 cm³/mol. The minimum atomic E-state index is -0.273. The first-order chi connectivity index (χ1) is 14.6. The van der Waals surface area contributed by atoms with Crippen molar-refractivity contribution in [2.45, 2.75) is 12.5 Å². The molecule has 0 aliphatic carbocycles. The Morgan fingerprint density at radius 1 is 1.17 bits per heavy atom. The summed E-state index contributed by atoms with van der Waals surface area (Å²) in [5.41, 5.74) is 2.41. The van der Waals surface area contributed by atoms with Crippen molar-refractivity contribution in [3.05, 3.63) is 78.0 Å². The van der Waals surface area contributed by atoms with Gasteiger partial charge in [-0.1, -0.05) is 12.1 Å². The van der Waals surface area contributed by atoms with Crippen LogP contribution in [0.2, 0.25) is 0 Å². The van der Waals surface area contributed by atoms with Crippen LogP contribution in [0.3, 0.4) is 0 Å². The summed E-state index contributed by atoms with van der Waals surface area (Å²) >= 11 is 0. The molecular weight excluding hydrogens is 380 g/mol. The molecule has 0 saturated carbocycles. The van der Waals surface area contributed by atoms with Crippen LogP contribution in [-0.4, -0.2) is 35.7 Å². The zero-order chi connectivity index (χ0) is 20.9. The molecular formula is C23H20N4O3. The highest BCUT2D eigenvalue weighted by Crippen LogP contribution is 2.26. The zero-order valence-corrected chi connectivity index (χ0v) is 16.4. The van der Waals surface area contributed by atoms with Crippen LogP contribution < -0.4 is 10.1 Å². The lowest BCUT2D eigenvalue weighted by atomic mass is 10.1. The Morgan fingerprint density at radius 2 is 1.87 bits per heavy atom. The first-order valence-electron chi connectivity index (χ1n) is 9.51. The van der Waals surface area contributed by atoms with Gasteiger partial charge in [0.05, 0.1) is 11.6 Å². The molecule has 1 fully saturated rings. The van der Waals surface area contributed by atoms with Crippen molar-refractivity contribution in [3.8, 4) is 17.6 Å². The van der Waals surface area contributed by atoms with Gasteiger partial charge < -0.3 is 19.7 Å². The molecule has 1 atom stereocenters. The fourth-order valence-electron chi connectivity index (χ4n) is 3.17. The molecule has 7 heteroatoms. The number of rotatable bonds is 6. The number of cyclic esters (lactones) is 1. The predicted octanol–water partition coefficient (Wildman–Crippen LogP) is 4.48. The summed E-state index contributed by atoms with van der Waals surface area (Å²) in [5.74, 6) is 1.94. The number of nitrogens with one attached hydrogen (secondary N) is 1. The fraction of sp³-hybridized carbons (Fsp3) is 0.174. The van der Waals surface area contributed by atoms with E-state index in [4.69, 9.17) is 14.7 Å². The van der Waals surface area contributed by atoms with Gasteiger partial charge in [0.1, 0.15) is 30.0 Å². The Morgan fingerprint density at radius 3 is 2.50 bits per heavy atom. The summed E-state index contributed by atoms with van der Waals surface area (Å²) in [7, 11) is 1.75. The number of pyridine rings is 1. The Bertz CT molecular complexity index is 1070. The van der Waals surface area contributed by atoms with Gasteiger partial charge in [-0.3, -0.25) is 0 Å². The Hall–Kier alpha value is -4.05. The van der Waals surface area contributed by atoms with E-state index in [2.05, 4.69) is 16.4 Å². The third-order valence-corrected chi connectivity index (χ3v) is 4.91. The van der Waals surface area contributed by atoms with E-state index in [-0.39, 0.29) is 12.1 Å². The van der Waals surface area contributed by atoms with Crippen LogP contribution >= 0.6 is 0 Å². The summed E-state index contributed by atoms with van der Waals surface area (Å²) in [5, 5.41) is 12.3. The molecule has 2 heterocycles. The number of hydrogen-bond donors (Lipinski definition) is 1. The lowest BCUT2D eigenvalue weighted by molar-refractivity contribution is 0.163. The van der Waals surface area contributed by atoms with Crippen LogP contribution in [0.25, 0.3) is 0 Å². The maximum atomic E-state index is 11.5. The first kappa shape index (κ1) is 19.3. The minimum absolute atomic E-state index is 0.0602. The molecule has 1 N–H and O–H groups in total. The number of nitrogens with zero attached hydrogens (tertiary/aromatic N) is 3. The largest absolute Gasteiger partial charge is 0.457 e. The third-order valence-electron chi connectivity index (χ3n) is 4.91. The number of carbonyl (C=O) groups is 1. The number of likely N-dealkylation sites (N-methyl/N-ethyl adjacent to an activating group) is 1. The summed E-state index contributed by atoms with van der Waals surface area (Å²) in [4.78, 5) is 17.3. The van der Waals surface area contributed by atoms with Crippen molar-refractivity contribution in [3.63, 3.8) is 0 Å². The van der Waals surface area contributed by atoms with Gasteiger partial charge in [-0.25, -0.2) is 9.78 Å². The van der Waals surface area contributed by atoms with Crippen molar-refractivity contribution in [1.82, 2.24) is 9.88 Å². The molecule has 3 aromatic rings. The number of nitriles is 1. The van der Waals surface area contributed by atoms with Crippen molar-refractivity contribution in [2.24, 2.45) is 0 Å². The number of ether oxygens (including phenoxy) is 2. The van der Waals surface area contributed by atoms with Gasteiger partial charge in [0.2, 0.25) is 0 Å². The van der Waals surface area contributed by atoms with Crippen molar-refractivity contribution < 1.29 is 14.3 Å². The molecule has 0 bridgehead atoms. The highest BCUT2D eigenvalue weighted by Gasteiger charge is 2.29. The van der Waals surface area contributed by atoms with E-state index in [1.807, 2.05) is 48.5 Å². The van der Waals surface area contributed by atoms with Gasteiger partial charge >= 0.3 is 6.09 Å². The maximum absolute atomic E-state index is 11.5. The SMILES string of the molecule is CN1C(=O)OC[C@@H]1Cc1ccc(Oc2ccc(Nc3ncccc3C#N)cc2)cc1. The molecule has 1 saturated heterocycles. The minimum Gasteiger partial charge on any atom is -0.457 e. The van der Waals surface area contributed by atoms with E-state index in [1.165, 1.54) is 0 Å². The van der Waals surface area contributed by atoms with Gasteiger partial charge in [0.15, 0.2) is 0 Å². The molecule has 150 valence electrons. The highest BCUT2D eigenvalue weighted by molar-refractivity contribution is 5.69. The van der Waals surface area contributed by atoms with Crippen LogP contribution in [0, 0.1) is 11.3 Å². The van der Waals surface area contributed by atoms with E-state index in [0.717, 1.165) is 23.4 Å². The Kier molecular flexibility index (Phi) is 5.48. The standard InChI is InChI=1S/C23H20N4O3/c1-27-19(15-29-23(27)28)13-16-4-8-20(9-5-16)30-21-10-6-18(7-11-21)26-22-17(14-24)3-2-12-25-22/h2-12,19H,13,15H2,1H3,(H,25,26)/t19-/m0/s1. The maximum Gasteiger partial charge on any atom is 0.409 e. The van der Waals surface area contributed by atoms with Gasteiger partial charge in [0.25, 0.3) is 0 Å². The summed E-state index contributed by atoms with van der Waals surface area (Å²) in [6, 6.07) is 20.9. The number of amides is 1. The van der Waals surface area contributed by atoms with Crippen molar-refractivity contribution in [1.29, 1.82) is 5.26 Å². The molecule has 7 nitrogen and oxygen atoms in total. The zero-order valence-electron chi connectivity index (χ0n) is 16.4. The Labute approximate surface area is 174 Å². The van der Waals surface area contributed by atoms with Gasteiger partial charge in [0, 0.05) is 18.9 Å². The van der Waals surface area contributed by atoms with Crippen molar-refractivity contribution in [2.75, 3.05) is 19.0 Å². The van der Waals surface area contributed by atoms with E-state index in [0.29, 0.717) is 23.7 Å². The quantitative estimate of drug-likeness (QED) is 0.656. The van der Waals surface area contributed by atoms with E-state index in [9.17, 15) is 4.79 Å². The molecule has 0 unspecified atom stereocenters. The second-order valence-corrected chi connectivity index (χ2v) is 6.95. The monoisotopic (exact) mass is 400 g/mol. The molecule has 30 heavy (non-hydrogen) atoms. The van der Waals surface area contributed by atoms with Gasteiger partial charge in [-0.2, -0.15) is 5.26 Å². The number of hydrogen-bond acceptors (Lipinski definition) is 6. The molecule has 4 rings (SSSR count). The van der Waals surface area contributed by atoms with Crippen LogP contribution in [-0.2, 0) is 11.2 Å². The highest BCUT2D eigenvalue weighted by atomic mass is 16.6. The molecule has 1 aliphatic heterocycles. The number of benzene rings is 2. The average Bonchev–Trinajstić information content (AvgIpc) is 3.09. The van der Waals surface area contributed by atoms with E-state index in [1.54, 1.807) is 30.3 Å². The van der Waals surface area contributed by atoms with Crippen molar-refractivity contribution >= 4 is 17.6 Å². The molecule has 0 spiro atoms. The smallest absolute Gasteiger partial charge is 0.409 e. The molecule has 1 amide bonds. The van der Waals surface area contributed by atoms with Crippen LogP contribution in [0.5, 0.6) is 11.5 Å². The van der Waals surface area contributed by atoms with Crippen LogP contribution in [0.4, 0.5) is 16.3 Å². The molecule has 1 aromatic heterocycles. The Balaban J connectivity index is 1.36. The van der Waals surface area contributed by atoms with Gasteiger partial charge in [-0.05, 0) is 60.5 Å². The third kappa shape index (κ3) is 4.33. The molecule has 0 radical (unpaired) electrons. The second kappa shape index (κ2) is 8.53. The number of anilines is 2. The first-order valence-corrected chi connectivity index (χ1v) is 9.51. The summed E-state index contributed by atoms with van der Waals surface area (Å²) < 4.78 is 11.0. The summed E-state index contributed by atoms with van der Waals surface area (Å²) in [6.07, 6.45) is 2.10. The fourth-order valence-corrected chi connectivity index (χ4v) is 3.17. The lowest BCUT2D eigenvalue weighted by Gasteiger charge is -2.16. The second-order valence-electron chi connectivity index (χ2n) is 6.95. The number of aromatic nitrogens is 1. The van der Waals surface area contributed by atoms with Gasteiger partial charge in [-0.15, -0.1) is 0 Å². The van der Waals surface area contributed by atoms with Crippen LogP contribution in [0.1, 0.15) is 11.1 Å². The lowest BCUT2D eigenvalue weighted by Crippen LogP contribution is -2.30. The number of carbonyl (C=O) groups excluding carboxylic acids is 1.